The second-order valence-corrected chi connectivity index (χ2v) is 6.38. The number of carbonyl (C=O) groups is 2. The van der Waals surface area contributed by atoms with Gasteiger partial charge in [0.25, 0.3) is 0 Å². The molecular formula is C19H19N5O4. The molecule has 1 atom stereocenters. The highest BCUT2D eigenvalue weighted by molar-refractivity contribution is 6.03. The predicted molar refractivity (Wildman–Crippen MR) is 102 cm³/mol. The molecule has 1 aromatic carbocycles. The molecule has 0 aliphatic carbocycles. The van der Waals surface area contributed by atoms with Gasteiger partial charge in [-0.1, -0.05) is 6.07 Å². The molecule has 144 valence electrons. The van der Waals surface area contributed by atoms with Crippen molar-refractivity contribution in [2.45, 2.75) is 6.42 Å². The zero-order valence-corrected chi connectivity index (χ0v) is 15.5. The molecule has 0 saturated carbocycles. The molecule has 0 spiro atoms. The fourth-order valence-electron chi connectivity index (χ4n) is 3.26. The molecule has 1 unspecified atom stereocenters. The minimum atomic E-state index is -0.504. The number of methoxy groups -OCH3 is 2. The third-order valence-corrected chi connectivity index (χ3v) is 4.72. The van der Waals surface area contributed by atoms with E-state index in [0.29, 0.717) is 28.8 Å². The number of fused-ring (bicyclic) bond motifs is 1. The van der Waals surface area contributed by atoms with E-state index in [4.69, 9.17) is 9.47 Å². The van der Waals surface area contributed by atoms with Crippen LogP contribution in [0.3, 0.4) is 0 Å². The van der Waals surface area contributed by atoms with Gasteiger partial charge in [-0.25, -0.2) is 0 Å². The first-order valence-electron chi connectivity index (χ1n) is 8.73. The van der Waals surface area contributed by atoms with Gasteiger partial charge in [-0.05, 0) is 24.3 Å². The van der Waals surface area contributed by atoms with Crippen molar-refractivity contribution >= 4 is 29.1 Å². The van der Waals surface area contributed by atoms with Crippen molar-refractivity contribution in [3.63, 3.8) is 0 Å². The summed E-state index contributed by atoms with van der Waals surface area (Å²) < 4.78 is 12.3. The van der Waals surface area contributed by atoms with E-state index in [1.807, 2.05) is 12.1 Å². The van der Waals surface area contributed by atoms with Crippen molar-refractivity contribution in [3.8, 4) is 11.5 Å². The Bertz CT molecular complexity index is 1050. The molecule has 28 heavy (non-hydrogen) atoms. The summed E-state index contributed by atoms with van der Waals surface area (Å²) in [5.41, 5.74) is 1.24. The van der Waals surface area contributed by atoms with Gasteiger partial charge >= 0.3 is 0 Å². The van der Waals surface area contributed by atoms with Crippen molar-refractivity contribution in [2.24, 2.45) is 5.92 Å². The first-order valence-corrected chi connectivity index (χ1v) is 8.73. The van der Waals surface area contributed by atoms with Crippen LogP contribution in [-0.4, -0.2) is 47.2 Å². The van der Waals surface area contributed by atoms with Gasteiger partial charge in [0.1, 0.15) is 11.5 Å². The van der Waals surface area contributed by atoms with Gasteiger partial charge in [-0.3, -0.25) is 19.3 Å². The van der Waals surface area contributed by atoms with E-state index in [1.165, 1.54) is 7.11 Å². The molecule has 0 radical (unpaired) electrons. The quantitative estimate of drug-likeness (QED) is 0.723. The fourth-order valence-corrected chi connectivity index (χ4v) is 3.26. The largest absolute Gasteiger partial charge is 0.497 e. The van der Waals surface area contributed by atoms with Gasteiger partial charge in [-0.15, -0.1) is 10.2 Å². The van der Waals surface area contributed by atoms with E-state index in [2.05, 4.69) is 15.5 Å². The maximum Gasteiger partial charge on any atom is 0.235 e. The average Bonchev–Trinajstić information content (AvgIpc) is 3.31. The summed E-state index contributed by atoms with van der Waals surface area (Å²) in [5, 5.41) is 10.8. The number of carbonyl (C=O) groups excluding carboxylic acids is 2. The summed E-state index contributed by atoms with van der Waals surface area (Å²) >= 11 is 0. The third kappa shape index (κ3) is 3.11. The summed E-state index contributed by atoms with van der Waals surface area (Å²) in [5.74, 6) is 0.539. The molecule has 0 bridgehead atoms. The van der Waals surface area contributed by atoms with E-state index in [0.717, 1.165) is 0 Å². The van der Waals surface area contributed by atoms with Crippen molar-refractivity contribution in [1.29, 1.82) is 0 Å². The third-order valence-electron chi connectivity index (χ3n) is 4.72. The Kier molecular flexibility index (Phi) is 4.56. The zero-order chi connectivity index (χ0) is 19.7. The van der Waals surface area contributed by atoms with Crippen LogP contribution < -0.4 is 19.7 Å². The summed E-state index contributed by atoms with van der Waals surface area (Å²) in [4.78, 5) is 26.8. The minimum Gasteiger partial charge on any atom is -0.497 e. The number of pyridine rings is 1. The first-order chi connectivity index (χ1) is 13.6. The van der Waals surface area contributed by atoms with Gasteiger partial charge in [0.2, 0.25) is 17.8 Å². The van der Waals surface area contributed by atoms with Crippen LogP contribution in [-0.2, 0) is 9.59 Å². The van der Waals surface area contributed by atoms with Crippen LogP contribution in [0.5, 0.6) is 11.5 Å². The van der Waals surface area contributed by atoms with Crippen LogP contribution in [0.4, 0.5) is 11.6 Å². The van der Waals surface area contributed by atoms with Gasteiger partial charge < -0.3 is 14.4 Å². The number of nitrogens with zero attached hydrogens (tertiary/aromatic N) is 4. The monoisotopic (exact) mass is 381 g/mol. The average molecular weight is 381 g/mol. The lowest BCUT2D eigenvalue weighted by Crippen LogP contribution is -2.28. The Morgan fingerprint density at radius 3 is 2.82 bits per heavy atom. The minimum absolute atomic E-state index is 0.109. The molecule has 1 aliphatic rings. The fraction of sp³-hybridized carbons (Fsp3) is 0.263. The van der Waals surface area contributed by atoms with Crippen LogP contribution in [0.2, 0.25) is 0 Å². The highest BCUT2D eigenvalue weighted by Crippen LogP contribution is 2.36. The zero-order valence-electron chi connectivity index (χ0n) is 15.5. The maximum absolute atomic E-state index is 12.7. The van der Waals surface area contributed by atoms with Crippen molar-refractivity contribution in [2.75, 3.05) is 31.0 Å². The number of aromatic nitrogens is 3. The number of amides is 2. The topological polar surface area (TPSA) is 98.1 Å². The molecule has 1 saturated heterocycles. The van der Waals surface area contributed by atoms with Gasteiger partial charge in [0.05, 0.1) is 25.8 Å². The lowest BCUT2D eigenvalue weighted by Gasteiger charge is -2.20. The molecule has 1 fully saturated rings. The van der Waals surface area contributed by atoms with E-state index in [-0.39, 0.29) is 24.8 Å². The number of nitrogens with one attached hydrogen (secondary N) is 1. The number of rotatable bonds is 5. The summed E-state index contributed by atoms with van der Waals surface area (Å²) in [7, 11) is 3.09. The number of benzene rings is 1. The smallest absolute Gasteiger partial charge is 0.235 e. The van der Waals surface area contributed by atoms with Crippen molar-refractivity contribution < 1.29 is 19.1 Å². The molecular weight excluding hydrogens is 362 g/mol. The van der Waals surface area contributed by atoms with Crippen LogP contribution in [0.15, 0.2) is 42.6 Å². The van der Waals surface area contributed by atoms with Crippen LogP contribution in [0.1, 0.15) is 6.42 Å². The molecule has 4 rings (SSSR count). The summed E-state index contributed by atoms with van der Waals surface area (Å²) in [6.45, 7) is 0.254. The molecule has 9 heteroatoms. The van der Waals surface area contributed by atoms with Gasteiger partial charge in [0.15, 0.2) is 5.65 Å². The Balaban J connectivity index is 1.52. The number of ether oxygens (including phenoxy) is 2. The second-order valence-electron chi connectivity index (χ2n) is 6.38. The highest BCUT2D eigenvalue weighted by Gasteiger charge is 2.36. The lowest BCUT2D eigenvalue weighted by molar-refractivity contribution is -0.122. The molecule has 2 amide bonds. The van der Waals surface area contributed by atoms with Crippen molar-refractivity contribution in [1.82, 2.24) is 14.6 Å². The Morgan fingerprint density at radius 2 is 2.04 bits per heavy atom. The van der Waals surface area contributed by atoms with Crippen molar-refractivity contribution in [3.05, 3.63) is 42.6 Å². The molecule has 3 aromatic rings. The number of hydrogen-bond acceptors (Lipinski definition) is 6. The van der Waals surface area contributed by atoms with E-state index >= 15 is 0 Å². The Labute approximate surface area is 160 Å². The first kappa shape index (κ1) is 17.8. The molecule has 3 heterocycles. The van der Waals surface area contributed by atoms with Gasteiger partial charge in [-0.2, -0.15) is 0 Å². The molecule has 1 aliphatic heterocycles. The van der Waals surface area contributed by atoms with Crippen LogP contribution in [0.25, 0.3) is 5.65 Å². The van der Waals surface area contributed by atoms with E-state index in [1.54, 1.807) is 46.9 Å². The Hall–Kier alpha value is -3.62. The molecule has 1 N–H and O–H groups in total. The summed E-state index contributed by atoms with van der Waals surface area (Å²) in [6, 6.07) is 10.7. The second kappa shape index (κ2) is 7.18. The SMILES string of the molecule is COc1ccc(N2CC(C(=O)Nc3nnc4ccccn34)CC2=O)c(OC)c1. The standard InChI is InChI=1S/C19H19N5O4/c1-27-13-6-7-14(15(10-13)28-2)24-11-12(9-17(24)25)18(26)20-19-22-21-16-5-3-4-8-23(16)19/h3-8,10,12H,9,11H2,1-2H3,(H,20,22,26). The lowest BCUT2D eigenvalue weighted by atomic mass is 10.1. The van der Waals surface area contributed by atoms with Gasteiger partial charge in [0, 0.05) is 25.2 Å². The molecule has 9 nitrogen and oxygen atoms in total. The predicted octanol–water partition coefficient (Wildman–Crippen LogP) is 1.74. The Morgan fingerprint density at radius 1 is 1.18 bits per heavy atom. The van der Waals surface area contributed by atoms with E-state index < -0.39 is 5.92 Å². The normalized spacial score (nSPS) is 16.4. The van der Waals surface area contributed by atoms with E-state index in [9.17, 15) is 9.59 Å². The maximum atomic E-state index is 12.7. The van der Waals surface area contributed by atoms with Crippen LogP contribution in [0, 0.1) is 5.92 Å². The highest BCUT2D eigenvalue weighted by atomic mass is 16.5. The summed E-state index contributed by atoms with van der Waals surface area (Å²) in [6.07, 6.45) is 1.87. The number of anilines is 2. The number of hydrogen-bond donors (Lipinski definition) is 1. The molecule has 2 aromatic heterocycles. The van der Waals surface area contributed by atoms with Crippen LogP contribution >= 0.6 is 0 Å².